The number of nitrogens with one attached hydrogen (secondary N) is 2. The van der Waals surface area contributed by atoms with Crippen LogP contribution in [-0.2, 0) is 13.1 Å². The molecule has 0 atom stereocenters. The van der Waals surface area contributed by atoms with Crippen molar-refractivity contribution in [3.63, 3.8) is 0 Å². The molecule has 5 aromatic rings. The maximum Gasteiger partial charge on any atom is 0.268 e. The first kappa shape index (κ1) is 19.6. The van der Waals surface area contributed by atoms with Gasteiger partial charge in [0.2, 0.25) is 0 Å². The summed E-state index contributed by atoms with van der Waals surface area (Å²) in [7, 11) is 0. The first-order valence-corrected chi connectivity index (χ1v) is 11.5. The molecule has 4 heterocycles. The van der Waals surface area contributed by atoms with Crippen molar-refractivity contribution in [1.82, 2.24) is 25.1 Å². The first-order valence-electron chi connectivity index (χ1n) is 10.7. The van der Waals surface area contributed by atoms with Gasteiger partial charge in [-0.2, -0.15) is 0 Å². The van der Waals surface area contributed by atoms with Crippen molar-refractivity contribution in [3.8, 4) is 5.00 Å². The number of nitrogens with zero attached hydrogens (tertiary/aromatic N) is 4. The van der Waals surface area contributed by atoms with Crippen molar-refractivity contribution < 1.29 is 4.79 Å². The Morgan fingerprint density at radius 3 is 2.76 bits per heavy atom. The van der Waals surface area contributed by atoms with Gasteiger partial charge in [0.15, 0.2) is 11.6 Å². The van der Waals surface area contributed by atoms with E-state index < -0.39 is 0 Å². The number of rotatable bonds is 4. The molecule has 33 heavy (non-hydrogen) atoms. The molecule has 8 heteroatoms. The van der Waals surface area contributed by atoms with E-state index in [0.29, 0.717) is 18.1 Å². The number of H-pyrrole nitrogens is 1. The summed E-state index contributed by atoms with van der Waals surface area (Å²) in [6.07, 6.45) is 0. The van der Waals surface area contributed by atoms with Gasteiger partial charge in [0.25, 0.3) is 5.91 Å². The van der Waals surface area contributed by atoms with Crippen molar-refractivity contribution in [2.75, 3.05) is 0 Å². The number of para-hydroxylation sites is 1. The Hall–Kier alpha value is -4.04. The quantitative estimate of drug-likeness (QED) is 0.424. The third-order valence-electron chi connectivity index (χ3n) is 5.70. The van der Waals surface area contributed by atoms with Crippen LogP contribution in [0.25, 0.3) is 15.9 Å². The highest BCUT2D eigenvalue weighted by atomic mass is 32.1. The van der Waals surface area contributed by atoms with Crippen molar-refractivity contribution in [3.05, 3.63) is 100 Å². The van der Waals surface area contributed by atoms with Gasteiger partial charge in [-0.1, -0.05) is 48.5 Å². The van der Waals surface area contributed by atoms with Gasteiger partial charge >= 0.3 is 0 Å². The summed E-state index contributed by atoms with van der Waals surface area (Å²) in [6, 6.07) is 22.0. The molecule has 0 saturated carbocycles. The van der Waals surface area contributed by atoms with Gasteiger partial charge in [-0.3, -0.25) is 14.4 Å². The fourth-order valence-corrected chi connectivity index (χ4v) is 5.22. The standard InChI is InChI=1S/C25H20N6OS/c1-15-11-18-23(16-7-3-2-4-8-16)26-13-21-29-30-22(31(21)25(18)33-15)14-27-24(32)20-12-17-9-5-6-10-19(17)28-20/h2-12,28H,13-14H2,1H3,(H,27,32). The van der Waals surface area contributed by atoms with Gasteiger partial charge in [0.1, 0.15) is 17.2 Å². The molecular weight excluding hydrogens is 432 g/mol. The number of aliphatic imine (C=N–C) groups is 1. The molecule has 0 aliphatic carbocycles. The smallest absolute Gasteiger partial charge is 0.268 e. The number of thiophene rings is 1. The van der Waals surface area contributed by atoms with Gasteiger partial charge in [-0.15, -0.1) is 21.5 Å². The molecule has 7 nitrogen and oxygen atoms in total. The van der Waals surface area contributed by atoms with E-state index in [1.54, 1.807) is 11.3 Å². The second-order valence-electron chi connectivity index (χ2n) is 7.93. The Morgan fingerprint density at radius 1 is 1.09 bits per heavy atom. The van der Waals surface area contributed by atoms with Crippen molar-refractivity contribution >= 4 is 33.9 Å². The topological polar surface area (TPSA) is 88.0 Å². The second-order valence-corrected chi connectivity index (χ2v) is 9.16. The van der Waals surface area contributed by atoms with E-state index in [1.165, 1.54) is 4.88 Å². The summed E-state index contributed by atoms with van der Waals surface area (Å²) >= 11 is 1.68. The monoisotopic (exact) mass is 452 g/mol. The predicted molar refractivity (Wildman–Crippen MR) is 129 cm³/mol. The molecular formula is C25H20N6OS. The molecule has 0 saturated heterocycles. The minimum Gasteiger partial charge on any atom is -0.351 e. The van der Waals surface area contributed by atoms with Crippen LogP contribution >= 0.6 is 11.3 Å². The fourth-order valence-electron chi connectivity index (χ4n) is 4.17. The predicted octanol–water partition coefficient (Wildman–Crippen LogP) is 4.40. The Morgan fingerprint density at radius 2 is 1.91 bits per heavy atom. The molecule has 0 fully saturated rings. The summed E-state index contributed by atoms with van der Waals surface area (Å²) in [6.45, 7) is 2.77. The van der Waals surface area contributed by atoms with Crippen LogP contribution in [0.5, 0.6) is 0 Å². The van der Waals surface area contributed by atoms with E-state index >= 15 is 0 Å². The highest BCUT2D eigenvalue weighted by Gasteiger charge is 2.25. The Labute approximate surface area is 193 Å². The van der Waals surface area contributed by atoms with Gasteiger partial charge in [-0.25, -0.2) is 0 Å². The number of carbonyl (C=O) groups is 1. The molecule has 1 aliphatic rings. The van der Waals surface area contributed by atoms with Crippen LogP contribution in [0.2, 0.25) is 0 Å². The lowest BCUT2D eigenvalue weighted by Crippen LogP contribution is -2.25. The number of aromatic amines is 1. The molecule has 1 amide bonds. The summed E-state index contributed by atoms with van der Waals surface area (Å²) < 4.78 is 2.04. The van der Waals surface area contributed by atoms with E-state index in [4.69, 9.17) is 4.99 Å². The molecule has 3 aromatic heterocycles. The Kier molecular flexibility index (Phi) is 4.66. The van der Waals surface area contributed by atoms with E-state index in [0.717, 1.165) is 38.6 Å². The summed E-state index contributed by atoms with van der Waals surface area (Å²) in [5, 5.41) is 13.8. The van der Waals surface area contributed by atoms with Gasteiger partial charge < -0.3 is 10.3 Å². The van der Waals surface area contributed by atoms with Crippen LogP contribution in [0.1, 0.15) is 38.1 Å². The number of amides is 1. The van der Waals surface area contributed by atoms with Crippen LogP contribution in [0, 0.1) is 6.92 Å². The number of hydrogen-bond acceptors (Lipinski definition) is 5. The van der Waals surface area contributed by atoms with E-state index in [2.05, 4.69) is 45.6 Å². The Bertz CT molecular complexity index is 1490. The summed E-state index contributed by atoms with van der Waals surface area (Å²) in [4.78, 5) is 22.0. The average molecular weight is 453 g/mol. The van der Waals surface area contributed by atoms with Crippen molar-refractivity contribution in [1.29, 1.82) is 0 Å². The molecule has 162 valence electrons. The number of benzene rings is 2. The van der Waals surface area contributed by atoms with Gasteiger partial charge in [0.05, 0.1) is 12.3 Å². The van der Waals surface area contributed by atoms with Crippen molar-refractivity contribution in [2.45, 2.75) is 20.0 Å². The van der Waals surface area contributed by atoms with Crippen LogP contribution in [-0.4, -0.2) is 31.4 Å². The molecule has 1 aliphatic heterocycles. The van der Waals surface area contributed by atoms with Crippen LogP contribution < -0.4 is 5.32 Å². The number of fused-ring (bicyclic) bond motifs is 4. The van der Waals surface area contributed by atoms with E-state index in [9.17, 15) is 4.79 Å². The third kappa shape index (κ3) is 3.44. The number of aromatic nitrogens is 4. The average Bonchev–Trinajstić information content (AvgIpc) is 3.53. The molecule has 0 bridgehead atoms. The zero-order valence-electron chi connectivity index (χ0n) is 17.9. The summed E-state index contributed by atoms with van der Waals surface area (Å²) in [5.41, 5.74) is 4.54. The van der Waals surface area contributed by atoms with Crippen molar-refractivity contribution in [2.24, 2.45) is 4.99 Å². The maximum atomic E-state index is 12.8. The lowest BCUT2D eigenvalue weighted by molar-refractivity contribution is 0.0945. The number of hydrogen-bond donors (Lipinski definition) is 2. The highest BCUT2D eigenvalue weighted by Crippen LogP contribution is 2.32. The number of aryl methyl sites for hydroxylation is 1. The highest BCUT2D eigenvalue weighted by molar-refractivity contribution is 7.15. The fraction of sp³-hybridized carbons (Fsp3) is 0.120. The van der Waals surface area contributed by atoms with E-state index in [-0.39, 0.29) is 12.5 Å². The largest absolute Gasteiger partial charge is 0.351 e. The lowest BCUT2D eigenvalue weighted by atomic mass is 10.0. The molecule has 0 radical (unpaired) electrons. The molecule has 0 spiro atoms. The third-order valence-corrected chi connectivity index (χ3v) is 6.73. The van der Waals surface area contributed by atoms with Crippen LogP contribution in [0.4, 0.5) is 0 Å². The van der Waals surface area contributed by atoms with Gasteiger partial charge in [-0.05, 0) is 25.1 Å². The SMILES string of the molecule is Cc1cc2c(s1)-n1c(nnc1CNC(=O)c1cc3ccccc3[nH]1)CN=C2c1ccccc1. The second kappa shape index (κ2) is 7.83. The summed E-state index contributed by atoms with van der Waals surface area (Å²) in [5.74, 6) is 1.27. The minimum atomic E-state index is -0.180. The minimum absolute atomic E-state index is 0.180. The normalized spacial score (nSPS) is 12.7. The first-order chi connectivity index (χ1) is 16.2. The zero-order valence-corrected chi connectivity index (χ0v) is 18.7. The molecule has 0 unspecified atom stereocenters. The molecule has 2 N–H and O–H groups in total. The molecule has 2 aromatic carbocycles. The Balaban J connectivity index is 1.32. The van der Waals surface area contributed by atoms with Crippen LogP contribution in [0.3, 0.4) is 0 Å². The maximum absolute atomic E-state index is 12.8. The lowest BCUT2D eigenvalue weighted by Gasteiger charge is -2.09. The number of carbonyl (C=O) groups excluding carboxylic acids is 1. The van der Waals surface area contributed by atoms with E-state index in [1.807, 2.05) is 53.1 Å². The molecule has 6 rings (SSSR count). The van der Waals surface area contributed by atoms with Crippen LogP contribution in [0.15, 0.2) is 71.7 Å². The van der Waals surface area contributed by atoms with Gasteiger partial charge in [0, 0.05) is 26.9 Å². The zero-order chi connectivity index (χ0) is 22.4.